The first-order chi connectivity index (χ1) is 8.93. The topological polar surface area (TPSA) is 63.2 Å². The van der Waals surface area contributed by atoms with Crippen molar-refractivity contribution in [3.63, 3.8) is 0 Å². The zero-order chi connectivity index (χ0) is 14.3. The maximum atomic E-state index is 12.2. The van der Waals surface area contributed by atoms with E-state index in [1.165, 1.54) is 14.2 Å². The van der Waals surface area contributed by atoms with Gasteiger partial charge in [-0.1, -0.05) is 23.2 Å². The molecule has 1 aliphatic heterocycles. The molecule has 6 nitrogen and oxygen atoms in total. The van der Waals surface area contributed by atoms with Crippen LogP contribution >= 0.6 is 34.8 Å². The van der Waals surface area contributed by atoms with Gasteiger partial charge in [0, 0.05) is 20.6 Å². The number of rotatable bonds is 4. The van der Waals surface area contributed by atoms with Crippen LogP contribution in [0, 0.1) is 0 Å². The normalized spacial score (nSPS) is 34.4. The smallest absolute Gasteiger partial charge is 0.234 e. The Morgan fingerprint density at radius 3 is 2.47 bits per heavy atom. The highest BCUT2D eigenvalue weighted by molar-refractivity contribution is 6.57. The van der Waals surface area contributed by atoms with Gasteiger partial charge in [0.05, 0.1) is 0 Å². The average molecular weight is 334 g/mol. The second kappa shape index (κ2) is 5.46. The number of ketones is 1. The van der Waals surface area contributed by atoms with E-state index in [2.05, 4.69) is 4.89 Å². The molecule has 2 aliphatic rings. The molecule has 1 heterocycles. The van der Waals surface area contributed by atoms with Gasteiger partial charge in [0.2, 0.25) is 11.6 Å². The third-order valence-electron chi connectivity index (χ3n) is 3.06. The van der Waals surface area contributed by atoms with Gasteiger partial charge < -0.3 is 14.2 Å². The number of halogens is 3. The predicted octanol–water partition coefficient (Wildman–Crippen LogP) is 1.88. The molecular weight excluding hydrogens is 322 g/mol. The molecule has 1 saturated heterocycles. The number of ether oxygens (including phenoxy) is 3. The number of methoxy groups -OCH3 is 2. The lowest BCUT2D eigenvalue weighted by Gasteiger charge is -2.38. The number of hydrogen-bond acceptors (Lipinski definition) is 6. The van der Waals surface area contributed by atoms with E-state index in [1.807, 2.05) is 0 Å². The molecule has 1 aliphatic carbocycles. The summed E-state index contributed by atoms with van der Waals surface area (Å²) in [4.78, 5) is 19.9. The fraction of sp³-hybridized carbons (Fsp3) is 0.700. The van der Waals surface area contributed by atoms with Crippen molar-refractivity contribution in [2.75, 3.05) is 21.0 Å². The number of carbonyl (C=O) groups excluding carboxylic acids is 1. The van der Waals surface area contributed by atoms with Crippen molar-refractivity contribution in [2.45, 2.75) is 23.4 Å². The first-order valence-corrected chi connectivity index (χ1v) is 6.36. The molecule has 0 bridgehead atoms. The first kappa shape index (κ1) is 15.5. The summed E-state index contributed by atoms with van der Waals surface area (Å²) in [6, 6.07) is 0. The van der Waals surface area contributed by atoms with Gasteiger partial charge in [0.25, 0.3) is 0 Å². The van der Waals surface area contributed by atoms with E-state index < -0.39 is 22.7 Å². The summed E-state index contributed by atoms with van der Waals surface area (Å²) >= 11 is 18.3. The Balaban J connectivity index is 2.38. The van der Waals surface area contributed by atoms with Crippen LogP contribution in [0.5, 0.6) is 0 Å². The molecule has 1 fully saturated rings. The second-order valence-corrected chi connectivity index (χ2v) is 5.32. The van der Waals surface area contributed by atoms with Gasteiger partial charge in [-0.25, -0.2) is 9.78 Å². The Hall–Kier alpha value is 0.0800. The Bertz CT molecular complexity index is 415. The quantitative estimate of drug-likeness (QED) is 0.445. The van der Waals surface area contributed by atoms with Crippen LogP contribution in [-0.4, -0.2) is 43.7 Å². The van der Waals surface area contributed by atoms with Gasteiger partial charge in [0.15, 0.2) is 18.0 Å². The summed E-state index contributed by atoms with van der Waals surface area (Å²) in [5.74, 6) is -2.32. The SMILES string of the molecule is COC1(OC)C(Cl)=C(Cl)C(=O)[C@@]1(Cl)C[C@@H]1OCOO1. The Labute approximate surface area is 124 Å². The minimum Gasteiger partial charge on any atom is -0.347 e. The fourth-order valence-electron chi connectivity index (χ4n) is 2.11. The molecule has 0 aromatic carbocycles. The molecule has 2 rings (SSSR count). The van der Waals surface area contributed by atoms with E-state index in [-0.39, 0.29) is 23.3 Å². The minimum absolute atomic E-state index is 0.0618. The molecule has 0 spiro atoms. The van der Waals surface area contributed by atoms with Crippen LogP contribution in [-0.2, 0) is 28.8 Å². The highest BCUT2D eigenvalue weighted by Crippen LogP contribution is 2.53. The summed E-state index contributed by atoms with van der Waals surface area (Å²) in [7, 11) is 2.61. The van der Waals surface area contributed by atoms with Gasteiger partial charge in [0.1, 0.15) is 10.1 Å². The van der Waals surface area contributed by atoms with Crippen molar-refractivity contribution in [2.24, 2.45) is 0 Å². The molecular formula is C10H11Cl3O6. The summed E-state index contributed by atoms with van der Waals surface area (Å²) in [5, 5.41) is -0.350. The predicted molar refractivity (Wildman–Crippen MR) is 65.6 cm³/mol. The number of hydrogen-bond donors (Lipinski definition) is 0. The molecule has 0 unspecified atom stereocenters. The standard InChI is InChI=1S/C10H11Cl3O6/c1-15-10(16-2)7(12)6(11)8(14)9(10,13)3-5-17-4-18-19-5/h5H,3-4H2,1-2H3/t5-,9+/m1/s1. The van der Waals surface area contributed by atoms with Crippen LogP contribution in [0.15, 0.2) is 10.1 Å². The van der Waals surface area contributed by atoms with Crippen LogP contribution in [0.1, 0.15) is 6.42 Å². The van der Waals surface area contributed by atoms with Gasteiger partial charge in [-0.05, 0) is 0 Å². The highest BCUT2D eigenvalue weighted by Gasteiger charge is 2.66. The van der Waals surface area contributed by atoms with Crippen LogP contribution < -0.4 is 0 Å². The molecule has 0 aromatic rings. The van der Waals surface area contributed by atoms with Gasteiger partial charge in [-0.15, -0.1) is 11.6 Å². The third kappa shape index (κ3) is 2.11. The largest absolute Gasteiger partial charge is 0.347 e. The van der Waals surface area contributed by atoms with Crippen molar-refractivity contribution >= 4 is 40.6 Å². The number of allylic oxidation sites excluding steroid dienone is 1. The summed E-state index contributed by atoms with van der Waals surface area (Å²) in [6.07, 6.45) is -0.959. The minimum atomic E-state index is -1.71. The maximum Gasteiger partial charge on any atom is 0.234 e. The van der Waals surface area contributed by atoms with E-state index in [1.54, 1.807) is 0 Å². The molecule has 0 radical (unpaired) electrons. The monoisotopic (exact) mass is 332 g/mol. The van der Waals surface area contributed by atoms with Crippen LogP contribution in [0.4, 0.5) is 0 Å². The molecule has 0 N–H and O–H groups in total. The van der Waals surface area contributed by atoms with Crippen LogP contribution in [0.3, 0.4) is 0 Å². The molecule has 2 atom stereocenters. The fourth-order valence-corrected chi connectivity index (χ4v) is 3.37. The van der Waals surface area contributed by atoms with Crippen LogP contribution in [0.2, 0.25) is 0 Å². The molecule has 0 saturated carbocycles. The van der Waals surface area contributed by atoms with Gasteiger partial charge >= 0.3 is 0 Å². The first-order valence-electron chi connectivity index (χ1n) is 5.22. The summed E-state index contributed by atoms with van der Waals surface area (Å²) in [5.41, 5.74) is 0. The molecule has 108 valence electrons. The Kier molecular flexibility index (Phi) is 4.45. The lowest BCUT2D eigenvalue weighted by atomic mass is 9.94. The van der Waals surface area contributed by atoms with Crippen molar-refractivity contribution < 1.29 is 28.8 Å². The van der Waals surface area contributed by atoms with E-state index >= 15 is 0 Å². The lowest BCUT2D eigenvalue weighted by molar-refractivity contribution is -0.284. The van der Waals surface area contributed by atoms with Crippen molar-refractivity contribution in [1.29, 1.82) is 0 Å². The Morgan fingerprint density at radius 1 is 1.37 bits per heavy atom. The maximum absolute atomic E-state index is 12.2. The molecule has 0 amide bonds. The van der Waals surface area contributed by atoms with E-state index in [0.29, 0.717) is 0 Å². The zero-order valence-electron chi connectivity index (χ0n) is 10.1. The highest BCUT2D eigenvalue weighted by atomic mass is 35.5. The summed E-state index contributed by atoms with van der Waals surface area (Å²) < 4.78 is 15.5. The van der Waals surface area contributed by atoms with E-state index in [9.17, 15) is 4.79 Å². The number of alkyl halides is 1. The van der Waals surface area contributed by atoms with Crippen LogP contribution in [0.25, 0.3) is 0 Å². The van der Waals surface area contributed by atoms with Crippen molar-refractivity contribution in [1.82, 2.24) is 0 Å². The van der Waals surface area contributed by atoms with E-state index in [4.69, 9.17) is 53.9 Å². The van der Waals surface area contributed by atoms with Gasteiger partial charge in [-0.2, -0.15) is 0 Å². The Morgan fingerprint density at radius 2 is 2.00 bits per heavy atom. The number of carbonyl (C=O) groups is 1. The van der Waals surface area contributed by atoms with Crippen molar-refractivity contribution in [3.05, 3.63) is 10.1 Å². The molecule has 0 aromatic heterocycles. The zero-order valence-corrected chi connectivity index (χ0v) is 12.3. The van der Waals surface area contributed by atoms with E-state index in [0.717, 1.165) is 0 Å². The summed E-state index contributed by atoms with van der Waals surface area (Å²) in [6.45, 7) is -0.0618. The third-order valence-corrected chi connectivity index (χ3v) is 4.53. The number of Topliss-reactive ketones (excluding diaryl/α,β-unsaturated/α-hetero) is 1. The molecule has 19 heavy (non-hydrogen) atoms. The average Bonchev–Trinajstić information content (AvgIpc) is 2.94. The van der Waals surface area contributed by atoms with Crippen molar-refractivity contribution in [3.8, 4) is 0 Å². The lowest BCUT2D eigenvalue weighted by Crippen LogP contribution is -2.55. The van der Waals surface area contributed by atoms with Gasteiger partial charge in [-0.3, -0.25) is 4.79 Å². The second-order valence-electron chi connectivity index (χ2n) is 3.92. The molecule has 9 heteroatoms.